The second-order valence-corrected chi connectivity index (χ2v) is 2.96. The van der Waals surface area contributed by atoms with Crippen molar-refractivity contribution in [2.75, 3.05) is 0 Å². The number of benzene rings is 1. The smallest absolute Gasteiger partial charge is 0.258 e. The lowest BCUT2D eigenvalue weighted by molar-refractivity contribution is -0.394. The van der Waals surface area contributed by atoms with Gasteiger partial charge in [-0.25, -0.2) is 9.67 Å². The Bertz CT molecular complexity index is 580. The minimum atomic E-state index is -0.724. The molecule has 1 aromatic heterocycles. The molecule has 0 atom stereocenters. The SMILES string of the molecule is O=[N+]([O-])c1ccc(-n2[c]ncn2)c([N+](=O)[O-])c1. The summed E-state index contributed by atoms with van der Waals surface area (Å²) in [4.78, 5) is 23.4. The maximum atomic E-state index is 10.8. The molecular weight excluding hydrogens is 230 g/mol. The van der Waals surface area contributed by atoms with Gasteiger partial charge in [-0.05, 0) is 6.07 Å². The lowest BCUT2D eigenvalue weighted by Gasteiger charge is -2.00. The summed E-state index contributed by atoms with van der Waals surface area (Å²) < 4.78 is 1.04. The molecule has 0 spiro atoms. The monoisotopic (exact) mass is 234 g/mol. The number of nitrogens with zero attached hydrogens (tertiary/aromatic N) is 5. The van der Waals surface area contributed by atoms with E-state index in [9.17, 15) is 20.2 Å². The van der Waals surface area contributed by atoms with E-state index in [1.807, 2.05) is 0 Å². The van der Waals surface area contributed by atoms with Gasteiger partial charge in [0.15, 0.2) is 0 Å². The Hall–Kier alpha value is -2.84. The van der Waals surface area contributed by atoms with Crippen molar-refractivity contribution in [2.24, 2.45) is 0 Å². The molecule has 0 fully saturated rings. The van der Waals surface area contributed by atoms with Crippen LogP contribution in [-0.4, -0.2) is 24.6 Å². The van der Waals surface area contributed by atoms with Gasteiger partial charge in [-0.1, -0.05) is 0 Å². The third-order valence-electron chi connectivity index (χ3n) is 1.97. The average Bonchev–Trinajstić information content (AvgIpc) is 2.81. The van der Waals surface area contributed by atoms with Gasteiger partial charge < -0.3 is 0 Å². The Balaban J connectivity index is 2.61. The van der Waals surface area contributed by atoms with Crippen LogP contribution >= 0.6 is 0 Å². The van der Waals surface area contributed by atoms with Gasteiger partial charge in [-0.3, -0.25) is 20.2 Å². The number of nitro groups is 2. The van der Waals surface area contributed by atoms with Crippen LogP contribution < -0.4 is 0 Å². The predicted octanol–water partition coefficient (Wildman–Crippen LogP) is 0.884. The number of rotatable bonds is 3. The van der Waals surface area contributed by atoms with Crippen molar-refractivity contribution < 1.29 is 9.85 Å². The zero-order valence-electron chi connectivity index (χ0n) is 8.18. The highest BCUT2D eigenvalue weighted by Crippen LogP contribution is 2.26. The number of hydrogen-bond acceptors (Lipinski definition) is 6. The highest BCUT2D eigenvalue weighted by atomic mass is 16.6. The summed E-state index contributed by atoms with van der Waals surface area (Å²) in [7, 11) is 0. The van der Waals surface area contributed by atoms with Crippen molar-refractivity contribution in [2.45, 2.75) is 0 Å². The number of non-ortho nitro benzene ring substituents is 1. The Morgan fingerprint density at radius 1 is 1.24 bits per heavy atom. The summed E-state index contributed by atoms with van der Waals surface area (Å²) in [5.41, 5.74) is -0.723. The molecule has 2 aromatic rings. The molecule has 9 nitrogen and oxygen atoms in total. The van der Waals surface area contributed by atoms with Crippen LogP contribution in [0.15, 0.2) is 24.5 Å². The minimum Gasteiger partial charge on any atom is -0.258 e. The zero-order chi connectivity index (χ0) is 12.4. The predicted molar refractivity (Wildman–Crippen MR) is 53.5 cm³/mol. The quantitative estimate of drug-likeness (QED) is 0.574. The summed E-state index contributed by atoms with van der Waals surface area (Å²) in [5, 5.41) is 25.0. The Kier molecular flexibility index (Phi) is 2.49. The third-order valence-corrected chi connectivity index (χ3v) is 1.97. The molecule has 0 aliphatic heterocycles. The van der Waals surface area contributed by atoms with Gasteiger partial charge in [0.25, 0.3) is 5.69 Å². The molecule has 0 aliphatic rings. The first-order chi connectivity index (χ1) is 8.09. The lowest BCUT2D eigenvalue weighted by atomic mass is 10.2. The molecule has 2 rings (SSSR count). The van der Waals surface area contributed by atoms with Crippen LogP contribution in [0, 0.1) is 26.6 Å². The van der Waals surface area contributed by atoms with E-state index in [2.05, 4.69) is 16.4 Å². The van der Waals surface area contributed by atoms with Crippen LogP contribution in [0.25, 0.3) is 5.69 Å². The van der Waals surface area contributed by atoms with E-state index in [1.165, 1.54) is 6.07 Å². The number of hydrogen-bond donors (Lipinski definition) is 0. The van der Waals surface area contributed by atoms with Crippen LogP contribution in [0.4, 0.5) is 11.4 Å². The highest BCUT2D eigenvalue weighted by molar-refractivity contribution is 5.57. The van der Waals surface area contributed by atoms with Gasteiger partial charge in [-0.2, -0.15) is 5.10 Å². The summed E-state index contributed by atoms with van der Waals surface area (Å²) in [6, 6.07) is 3.24. The molecule has 0 unspecified atom stereocenters. The van der Waals surface area contributed by atoms with Gasteiger partial charge in [-0.15, -0.1) is 0 Å². The van der Waals surface area contributed by atoms with Crippen molar-refractivity contribution in [1.29, 1.82) is 0 Å². The van der Waals surface area contributed by atoms with Crippen molar-refractivity contribution in [3.05, 3.63) is 51.1 Å². The largest absolute Gasteiger partial charge is 0.301 e. The van der Waals surface area contributed by atoms with Gasteiger partial charge in [0.2, 0.25) is 6.33 Å². The van der Waals surface area contributed by atoms with E-state index >= 15 is 0 Å². The molecule has 0 aliphatic carbocycles. The van der Waals surface area contributed by atoms with Crippen LogP contribution in [0.2, 0.25) is 0 Å². The Labute approximate surface area is 93.6 Å². The molecule has 17 heavy (non-hydrogen) atoms. The molecule has 1 heterocycles. The average molecular weight is 234 g/mol. The molecule has 85 valence electrons. The Morgan fingerprint density at radius 3 is 2.53 bits per heavy atom. The molecule has 0 saturated heterocycles. The first-order valence-corrected chi connectivity index (χ1v) is 4.30. The van der Waals surface area contributed by atoms with Crippen molar-refractivity contribution in [1.82, 2.24) is 14.8 Å². The fourth-order valence-corrected chi connectivity index (χ4v) is 1.25. The third kappa shape index (κ3) is 1.93. The van der Waals surface area contributed by atoms with Gasteiger partial charge in [0, 0.05) is 6.07 Å². The van der Waals surface area contributed by atoms with E-state index in [-0.39, 0.29) is 11.4 Å². The van der Waals surface area contributed by atoms with Crippen molar-refractivity contribution in [3.63, 3.8) is 0 Å². The fourth-order valence-electron chi connectivity index (χ4n) is 1.25. The summed E-state index contributed by atoms with van der Waals surface area (Å²) in [6.45, 7) is 0. The van der Waals surface area contributed by atoms with Crippen molar-refractivity contribution in [3.8, 4) is 5.69 Å². The molecule has 1 aromatic carbocycles. The normalized spacial score (nSPS) is 10.1. The fraction of sp³-hybridized carbons (Fsp3) is 0. The van der Waals surface area contributed by atoms with E-state index < -0.39 is 15.5 Å². The Morgan fingerprint density at radius 2 is 2.00 bits per heavy atom. The molecule has 1 radical (unpaired) electrons. The maximum Gasteiger partial charge on any atom is 0.301 e. The summed E-state index contributed by atoms with van der Waals surface area (Å²) in [6.07, 6.45) is 3.54. The molecule has 0 amide bonds. The summed E-state index contributed by atoms with van der Waals surface area (Å²) in [5.74, 6) is 0. The van der Waals surface area contributed by atoms with Gasteiger partial charge >= 0.3 is 5.69 Å². The second kappa shape index (κ2) is 3.96. The lowest BCUT2D eigenvalue weighted by Crippen LogP contribution is -2.02. The van der Waals surface area contributed by atoms with Crippen molar-refractivity contribution >= 4 is 11.4 Å². The first kappa shape index (κ1) is 10.7. The standard InChI is InChI=1S/C8H4N5O4/c14-12(15)6-1-2-7(8(3-6)13(16)17)11-5-9-4-10-11/h1-4H. The topological polar surface area (TPSA) is 117 Å². The number of nitro benzene ring substituents is 2. The molecule has 0 N–H and O–H groups in total. The van der Waals surface area contributed by atoms with E-state index in [0.29, 0.717) is 0 Å². The second-order valence-electron chi connectivity index (χ2n) is 2.96. The minimum absolute atomic E-state index is 0.0677. The van der Waals surface area contributed by atoms with E-state index in [0.717, 1.165) is 23.1 Å². The maximum absolute atomic E-state index is 10.8. The first-order valence-electron chi connectivity index (χ1n) is 4.30. The molecular formula is C8H4N5O4. The van der Waals surface area contributed by atoms with Gasteiger partial charge in [0.05, 0.1) is 15.9 Å². The highest BCUT2D eigenvalue weighted by Gasteiger charge is 2.21. The molecule has 0 bridgehead atoms. The zero-order valence-corrected chi connectivity index (χ0v) is 8.18. The van der Waals surface area contributed by atoms with E-state index in [4.69, 9.17) is 0 Å². The van der Waals surface area contributed by atoms with Crippen LogP contribution in [0.1, 0.15) is 0 Å². The van der Waals surface area contributed by atoms with Crippen LogP contribution in [0.5, 0.6) is 0 Å². The number of aromatic nitrogens is 3. The molecule has 0 saturated carbocycles. The van der Waals surface area contributed by atoms with Crippen LogP contribution in [-0.2, 0) is 0 Å². The van der Waals surface area contributed by atoms with Gasteiger partial charge in [0.1, 0.15) is 12.0 Å². The summed E-state index contributed by atoms with van der Waals surface area (Å²) >= 11 is 0. The van der Waals surface area contributed by atoms with Crippen LogP contribution in [0.3, 0.4) is 0 Å². The van der Waals surface area contributed by atoms with E-state index in [1.54, 1.807) is 0 Å². The molecule has 9 heteroatoms.